The molecule has 0 aliphatic heterocycles. The van der Waals surface area contributed by atoms with Crippen molar-refractivity contribution in [3.8, 4) is 0 Å². The van der Waals surface area contributed by atoms with Gasteiger partial charge in [0.15, 0.2) is 0 Å². The van der Waals surface area contributed by atoms with E-state index in [9.17, 15) is 0 Å². The Hall–Kier alpha value is -0.540. The monoisotopic (exact) mass is 258 g/mol. The second-order valence-electron chi connectivity index (χ2n) is 2.90. The van der Waals surface area contributed by atoms with Gasteiger partial charge in [0.1, 0.15) is 10.8 Å². The Balaban J connectivity index is 2.84. The van der Waals surface area contributed by atoms with Crippen molar-refractivity contribution in [1.29, 1.82) is 0 Å². The fourth-order valence-electron chi connectivity index (χ4n) is 1.38. The van der Waals surface area contributed by atoms with Crippen LogP contribution in [0, 0.1) is 0 Å². The number of nitrogens with zero attached hydrogens (tertiary/aromatic N) is 2. The van der Waals surface area contributed by atoms with Crippen molar-refractivity contribution in [1.82, 2.24) is 9.55 Å². The molecule has 0 bridgehead atoms. The van der Waals surface area contributed by atoms with Crippen LogP contribution in [0.25, 0.3) is 11.0 Å². The third-order valence-electron chi connectivity index (χ3n) is 2.04. The van der Waals surface area contributed by atoms with Crippen LogP contribution in [0.2, 0.25) is 5.15 Å². The average Bonchev–Trinajstić information content (AvgIpc) is 2.47. The van der Waals surface area contributed by atoms with E-state index in [1.807, 2.05) is 23.9 Å². The van der Waals surface area contributed by atoms with Gasteiger partial charge >= 0.3 is 0 Å². The van der Waals surface area contributed by atoms with Gasteiger partial charge in [-0.15, -0.1) is 0 Å². The highest BCUT2D eigenvalue weighted by atomic mass is 79.9. The zero-order valence-corrected chi connectivity index (χ0v) is 9.43. The highest BCUT2D eigenvalue weighted by Crippen LogP contribution is 2.23. The van der Waals surface area contributed by atoms with Crippen molar-refractivity contribution in [2.24, 2.45) is 7.05 Å². The lowest BCUT2D eigenvalue weighted by atomic mass is 10.2. The average molecular weight is 260 g/mol. The molecule has 0 saturated heterocycles. The molecule has 0 aliphatic rings. The molecule has 0 atom stereocenters. The van der Waals surface area contributed by atoms with Crippen LogP contribution in [-0.2, 0) is 12.4 Å². The van der Waals surface area contributed by atoms with Crippen LogP contribution in [0.4, 0.5) is 0 Å². The molecule has 0 N–H and O–H groups in total. The molecule has 2 rings (SSSR count). The zero-order chi connectivity index (χ0) is 9.42. The minimum atomic E-state index is 0.545. The molecule has 2 nitrogen and oxygen atoms in total. The zero-order valence-electron chi connectivity index (χ0n) is 7.09. The van der Waals surface area contributed by atoms with Crippen molar-refractivity contribution in [3.05, 3.63) is 29.0 Å². The summed E-state index contributed by atoms with van der Waals surface area (Å²) in [4.78, 5) is 4.25. The summed E-state index contributed by atoms with van der Waals surface area (Å²) in [7, 11) is 1.96. The number of halogens is 2. The topological polar surface area (TPSA) is 17.8 Å². The van der Waals surface area contributed by atoms with E-state index in [1.165, 1.54) is 5.56 Å². The van der Waals surface area contributed by atoms with E-state index >= 15 is 0 Å². The molecule has 0 radical (unpaired) electrons. The molecule has 0 spiro atoms. The molecule has 0 fully saturated rings. The van der Waals surface area contributed by atoms with E-state index in [-0.39, 0.29) is 0 Å². The Morgan fingerprint density at radius 2 is 2.38 bits per heavy atom. The molecular formula is C9H8BrClN2. The van der Waals surface area contributed by atoms with Gasteiger partial charge in [-0.25, -0.2) is 4.98 Å². The molecular weight excluding hydrogens is 251 g/mol. The van der Waals surface area contributed by atoms with Gasteiger partial charge in [-0.05, 0) is 17.7 Å². The smallest absolute Gasteiger partial charge is 0.141 e. The summed E-state index contributed by atoms with van der Waals surface area (Å²) in [6, 6.07) is 3.94. The Morgan fingerprint density at radius 1 is 1.62 bits per heavy atom. The Kier molecular flexibility index (Phi) is 2.30. The van der Waals surface area contributed by atoms with E-state index in [0.29, 0.717) is 5.15 Å². The fourth-order valence-corrected chi connectivity index (χ4v) is 2.05. The molecule has 0 saturated carbocycles. The van der Waals surface area contributed by atoms with Gasteiger partial charge in [-0.1, -0.05) is 27.5 Å². The lowest BCUT2D eigenvalue weighted by Gasteiger charge is -2.00. The van der Waals surface area contributed by atoms with E-state index in [0.717, 1.165) is 16.4 Å². The summed E-state index contributed by atoms with van der Waals surface area (Å²) in [6.07, 6.45) is 1.99. The number of hydrogen-bond acceptors (Lipinski definition) is 1. The molecule has 0 amide bonds. The van der Waals surface area contributed by atoms with Crippen LogP contribution >= 0.6 is 27.5 Å². The van der Waals surface area contributed by atoms with E-state index < -0.39 is 0 Å². The molecule has 2 heterocycles. The molecule has 4 heteroatoms. The number of aromatic nitrogens is 2. The summed E-state index contributed by atoms with van der Waals surface area (Å²) in [5.74, 6) is 0. The third-order valence-corrected chi connectivity index (χ3v) is 2.83. The predicted octanol–water partition coefficient (Wildman–Crippen LogP) is 3.12. The first kappa shape index (κ1) is 9.03. The third kappa shape index (κ3) is 1.46. The van der Waals surface area contributed by atoms with E-state index in [1.54, 1.807) is 0 Å². The minimum absolute atomic E-state index is 0.545. The first-order chi connectivity index (χ1) is 6.22. The number of fused-ring (bicyclic) bond motifs is 1. The van der Waals surface area contributed by atoms with Crippen LogP contribution in [0.1, 0.15) is 5.56 Å². The van der Waals surface area contributed by atoms with Gasteiger partial charge in [0.25, 0.3) is 0 Å². The van der Waals surface area contributed by atoms with Crippen LogP contribution in [0.15, 0.2) is 18.3 Å². The lowest BCUT2D eigenvalue weighted by Crippen LogP contribution is -1.90. The first-order valence-electron chi connectivity index (χ1n) is 3.89. The number of pyridine rings is 1. The molecule has 0 aliphatic carbocycles. The van der Waals surface area contributed by atoms with Crippen molar-refractivity contribution in [2.45, 2.75) is 5.33 Å². The Labute approximate surface area is 89.7 Å². The van der Waals surface area contributed by atoms with Crippen molar-refractivity contribution < 1.29 is 0 Å². The van der Waals surface area contributed by atoms with Gasteiger partial charge in [-0.3, -0.25) is 0 Å². The van der Waals surface area contributed by atoms with Gasteiger partial charge in [0.2, 0.25) is 0 Å². The van der Waals surface area contributed by atoms with E-state index in [2.05, 4.69) is 27.0 Å². The van der Waals surface area contributed by atoms with Crippen molar-refractivity contribution >= 4 is 38.6 Å². The number of alkyl halides is 1. The molecule has 2 aromatic rings. The maximum absolute atomic E-state index is 5.89. The molecule has 0 unspecified atom stereocenters. The Bertz CT molecular complexity index is 450. The van der Waals surface area contributed by atoms with Crippen LogP contribution < -0.4 is 0 Å². The van der Waals surface area contributed by atoms with Gasteiger partial charge in [-0.2, -0.15) is 0 Å². The summed E-state index contributed by atoms with van der Waals surface area (Å²) < 4.78 is 1.97. The first-order valence-corrected chi connectivity index (χ1v) is 5.38. The lowest BCUT2D eigenvalue weighted by molar-refractivity contribution is 0.948. The summed E-state index contributed by atoms with van der Waals surface area (Å²) >= 11 is 9.31. The molecule has 2 aromatic heterocycles. The highest BCUT2D eigenvalue weighted by molar-refractivity contribution is 9.08. The number of hydrogen-bond donors (Lipinski definition) is 0. The summed E-state index contributed by atoms with van der Waals surface area (Å²) in [5.41, 5.74) is 2.11. The summed E-state index contributed by atoms with van der Waals surface area (Å²) in [6.45, 7) is 0. The molecule has 13 heavy (non-hydrogen) atoms. The predicted molar refractivity (Wildman–Crippen MR) is 58.4 cm³/mol. The summed E-state index contributed by atoms with van der Waals surface area (Å²) in [5, 5.41) is 2.50. The highest BCUT2D eigenvalue weighted by Gasteiger charge is 2.05. The maximum atomic E-state index is 5.89. The van der Waals surface area contributed by atoms with E-state index in [4.69, 9.17) is 11.6 Å². The molecule has 0 aromatic carbocycles. The van der Waals surface area contributed by atoms with Crippen LogP contribution in [0.5, 0.6) is 0 Å². The fraction of sp³-hybridized carbons (Fsp3) is 0.222. The number of rotatable bonds is 1. The van der Waals surface area contributed by atoms with Crippen molar-refractivity contribution in [3.63, 3.8) is 0 Å². The second kappa shape index (κ2) is 3.31. The largest absolute Gasteiger partial charge is 0.336 e. The maximum Gasteiger partial charge on any atom is 0.141 e. The molecule has 68 valence electrons. The second-order valence-corrected chi connectivity index (χ2v) is 3.85. The standard InChI is InChI=1S/C9H8BrClN2/c1-13-3-2-7-6(5-10)4-8(11)12-9(7)13/h2-4H,5H2,1H3. The van der Waals surface area contributed by atoms with Gasteiger partial charge in [0, 0.05) is 24.0 Å². The number of aryl methyl sites for hydroxylation is 1. The van der Waals surface area contributed by atoms with Crippen LogP contribution in [-0.4, -0.2) is 9.55 Å². The SMILES string of the molecule is Cn1ccc2c(CBr)cc(Cl)nc21. The van der Waals surface area contributed by atoms with Crippen LogP contribution in [0.3, 0.4) is 0 Å². The minimum Gasteiger partial charge on any atom is -0.336 e. The van der Waals surface area contributed by atoms with Crippen molar-refractivity contribution in [2.75, 3.05) is 0 Å². The normalized spacial score (nSPS) is 11.0. The quantitative estimate of drug-likeness (QED) is 0.568. The van der Waals surface area contributed by atoms with Gasteiger partial charge in [0.05, 0.1) is 0 Å². The Morgan fingerprint density at radius 3 is 3.08 bits per heavy atom. The van der Waals surface area contributed by atoms with Gasteiger partial charge < -0.3 is 4.57 Å².